The first-order valence-corrected chi connectivity index (χ1v) is 8.45. The summed E-state index contributed by atoms with van der Waals surface area (Å²) < 4.78 is 0. The normalized spacial score (nSPS) is 12.0. The molecule has 0 saturated carbocycles. The summed E-state index contributed by atoms with van der Waals surface area (Å²) in [6.07, 6.45) is 2.32. The van der Waals surface area contributed by atoms with Crippen molar-refractivity contribution in [2.45, 2.75) is 18.9 Å². The van der Waals surface area contributed by atoms with Gasteiger partial charge in [-0.05, 0) is 40.1 Å². The molecule has 0 fully saturated rings. The fourth-order valence-electron chi connectivity index (χ4n) is 2.27. The summed E-state index contributed by atoms with van der Waals surface area (Å²) in [5.41, 5.74) is 2.06. The molecule has 1 aromatic carbocycles. The summed E-state index contributed by atoms with van der Waals surface area (Å²) in [7, 11) is 0. The minimum atomic E-state index is -0.180. The molecule has 5 nitrogen and oxygen atoms in total. The number of H-pyrrole nitrogens is 1. The maximum atomic E-state index is 12.3. The van der Waals surface area contributed by atoms with Gasteiger partial charge in [-0.1, -0.05) is 23.7 Å². The van der Waals surface area contributed by atoms with Gasteiger partial charge in [0.1, 0.15) is 12.2 Å². The van der Waals surface area contributed by atoms with Crippen LogP contribution in [0.3, 0.4) is 0 Å². The molecule has 1 atom stereocenters. The Kier molecular flexibility index (Phi) is 5.05. The molecule has 1 unspecified atom stereocenters. The van der Waals surface area contributed by atoms with Gasteiger partial charge in [-0.15, -0.1) is 0 Å². The second kappa shape index (κ2) is 7.39. The molecule has 0 bridgehead atoms. The maximum absolute atomic E-state index is 12.3. The number of amides is 1. The lowest BCUT2D eigenvalue weighted by Gasteiger charge is -2.18. The first kappa shape index (κ1) is 15.7. The van der Waals surface area contributed by atoms with E-state index < -0.39 is 0 Å². The van der Waals surface area contributed by atoms with E-state index in [0.717, 1.165) is 11.1 Å². The zero-order valence-electron chi connectivity index (χ0n) is 12.2. The highest BCUT2D eigenvalue weighted by molar-refractivity contribution is 7.08. The third kappa shape index (κ3) is 4.18. The van der Waals surface area contributed by atoms with Gasteiger partial charge in [0.25, 0.3) is 0 Å². The zero-order valence-corrected chi connectivity index (χ0v) is 13.8. The van der Waals surface area contributed by atoms with Gasteiger partial charge in [0.05, 0.1) is 6.04 Å². The van der Waals surface area contributed by atoms with Crippen molar-refractivity contribution < 1.29 is 4.79 Å². The van der Waals surface area contributed by atoms with Crippen LogP contribution in [0.4, 0.5) is 0 Å². The summed E-state index contributed by atoms with van der Waals surface area (Å²) in [6, 6.07) is 9.36. The van der Waals surface area contributed by atoms with E-state index in [1.54, 1.807) is 11.3 Å². The van der Waals surface area contributed by atoms with Crippen LogP contribution in [-0.2, 0) is 11.2 Å². The fourth-order valence-corrected chi connectivity index (χ4v) is 3.08. The second-order valence-electron chi connectivity index (χ2n) is 5.04. The van der Waals surface area contributed by atoms with Crippen LogP contribution in [0.5, 0.6) is 0 Å². The lowest BCUT2D eigenvalue weighted by atomic mass is 10.0. The Morgan fingerprint density at radius 1 is 1.26 bits per heavy atom. The average molecular weight is 347 g/mol. The number of carbonyl (C=O) groups excluding carboxylic acids is 1. The smallest absolute Gasteiger partial charge is 0.221 e. The van der Waals surface area contributed by atoms with Crippen molar-refractivity contribution in [2.24, 2.45) is 0 Å². The van der Waals surface area contributed by atoms with E-state index in [1.165, 1.54) is 6.33 Å². The van der Waals surface area contributed by atoms with Crippen molar-refractivity contribution in [2.75, 3.05) is 0 Å². The Bertz CT molecular complexity index is 741. The van der Waals surface area contributed by atoms with Gasteiger partial charge in [-0.3, -0.25) is 9.89 Å². The number of nitrogens with one attached hydrogen (secondary N) is 2. The fraction of sp³-hybridized carbons (Fsp3) is 0.188. The summed E-state index contributed by atoms with van der Waals surface area (Å²) in [4.78, 5) is 16.3. The highest BCUT2D eigenvalue weighted by Gasteiger charge is 2.17. The predicted octanol–water partition coefficient (Wildman–Crippen LogP) is 3.36. The Labute approximate surface area is 142 Å². The van der Waals surface area contributed by atoms with Crippen LogP contribution in [0.1, 0.15) is 29.4 Å². The topological polar surface area (TPSA) is 70.7 Å². The van der Waals surface area contributed by atoms with Gasteiger partial charge < -0.3 is 5.32 Å². The van der Waals surface area contributed by atoms with Crippen LogP contribution < -0.4 is 5.32 Å². The molecule has 2 N–H and O–H groups in total. The number of hydrogen-bond donors (Lipinski definition) is 2. The number of hydrogen-bond acceptors (Lipinski definition) is 4. The summed E-state index contributed by atoms with van der Waals surface area (Å²) in [5, 5.41) is 14.3. The van der Waals surface area contributed by atoms with Crippen molar-refractivity contribution in [1.82, 2.24) is 20.5 Å². The van der Waals surface area contributed by atoms with Gasteiger partial charge in [-0.2, -0.15) is 16.4 Å². The Balaban J connectivity index is 1.71. The molecule has 0 spiro atoms. The maximum Gasteiger partial charge on any atom is 0.221 e. The number of rotatable bonds is 6. The van der Waals surface area contributed by atoms with Crippen molar-refractivity contribution in [3.05, 3.63) is 69.4 Å². The molecule has 0 aliphatic rings. The van der Waals surface area contributed by atoms with Crippen LogP contribution in [-0.4, -0.2) is 21.1 Å². The molecular weight excluding hydrogens is 332 g/mol. The molecule has 23 heavy (non-hydrogen) atoms. The van der Waals surface area contributed by atoms with E-state index in [2.05, 4.69) is 20.5 Å². The minimum Gasteiger partial charge on any atom is -0.345 e. The lowest BCUT2D eigenvalue weighted by molar-refractivity contribution is -0.121. The SMILES string of the molecule is O=C(CCc1ncn[nH]1)NC(c1ccc(Cl)cc1)c1ccsc1. The van der Waals surface area contributed by atoms with Crippen LogP contribution in [0.25, 0.3) is 0 Å². The minimum absolute atomic E-state index is 0.0347. The Morgan fingerprint density at radius 2 is 2.09 bits per heavy atom. The molecule has 1 amide bonds. The molecule has 3 rings (SSSR count). The molecule has 2 heterocycles. The van der Waals surface area contributed by atoms with Crippen molar-refractivity contribution in [1.29, 1.82) is 0 Å². The number of nitrogens with zero attached hydrogens (tertiary/aromatic N) is 2. The predicted molar refractivity (Wildman–Crippen MR) is 90.5 cm³/mol. The third-order valence-electron chi connectivity index (χ3n) is 3.44. The monoisotopic (exact) mass is 346 g/mol. The standard InChI is InChI=1S/C16H15ClN4OS/c17-13-3-1-11(2-4-13)16(12-7-8-23-9-12)20-15(22)6-5-14-18-10-19-21-14/h1-4,7-10,16H,5-6H2,(H,20,22)(H,18,19,21). The summed E-state index contributed by atoms with van der Waals surface area (Å²) in [6.45, 7) is 0. The number of aryl methyl sites for hydroxylation is 1. The van der Waals surface area contributed by atoms with E-state index in [1.807, 2.05) is 41.1 Å². The van der Waals surface area contributed by atoms with Gasteiger partial charge in [-0.25, -0.2) is 4.98 Å². The second-order valence-corrected chi connectivity index (χ2v) is 6.26. The van der Waals surface area contributed by atoms with E-state index in [9.17, 15) is 4.79 Å². The number of benzene rings is 1. The molecule has 7 heteroatoms. The van der Waals surface area contributed by atoms with Gasteiger partial charge in [0.15, 0.2) is 0 Å². The molecule has 0 radical (unpaired) electrons. The van der Waals surface area contributed by atoms with Crippen molar-refractivity contribution >= 4 is 28.8 Å². The molecule has 0 aliphatic carbocycles. The highest BCUT2D eigenvalue weighted by atomic mass is 35.5. The van der Waals surface area contributed by atoms with E-state index in [4.69, 9.17) is 11.6 Å². The van der Waals surface area contributed by atoms with Crippen LogP contribution in [0.15, 0.2) is 47.4 Å². The van der Waals surface area contributed by atoms with E-state index >= 15 is 0 Å². The van der Waals surface area contributed by atoms with Gasteiger partial charge in [0.2, 0.25) is 5.91 Å². The Hall–Kier alpha value is -2.18. The van der Waals surface area contributed by atoms with Gasteiger partial charge in [0, 0.05) is 17.9 Å². The van der Waals surface area contributed by atoms with Crippen LogP contribution in [0, 0.1) is 0 Å². The number of thiophene rings is 1. The molecular formula is C16H15ClN4OS. The Morgan fingerprint density at radius 3 is 2.74 bits per heavy atom. The number of aromatic amines is 1. The number of carbonyl (C=O) groups is 1. The molecule has 3 aromatic rings. The molecule has 0 saturated heterocycles. The van der Waals surface area contributed by atoms with E-state index in [-0.39, 0.29) is 11.9 Å². The molecule has 2 aromatic heterocycles. The first-order valence-electron chi connectivity index (χ1n) is 7.13. The first-order chi connectivity index (χ1) is 11.2. The van der Waals surface area contributed by atoms with Crippen molar-refractivity contribution in [3.63, 3.8) is 0 Å². The largest absolute Gasteiger partial charge is 0.345 e. The zero-order chi connectivity index (χ0) is 16.1. The molecule has 118 valence electrons. The van der Waals surface area contributed by atoms with Gasteiger partial charge >= 0.3 is 0 Å². The molecule has 0 aliphatic heterocycles. The van der Waals surface area contributed by atoms with Crippen LogP contribution in [0.2, 0.25) is 5.02 Å². The summed E-state index contributed by atoms with van der Waals surface area (Å²) >= 11 is 7.56. The quantitative estimate of drug-likeness (QED) is 0.719. The average Bonchev–Trinajstić information content (AvgIpc) is 3.25. The lowest BCUT2D eigenvalue weighted by Crippen LogP contribution is -2.29. The van der Waals surface area contributed by atoms with E-state index in [0.29, 0.717) is 23.7 Å². The number of aromatic nitrogens is 3. The third-order valence-corrected chi connectivity index (χ3v) is 4.39. The highest BCUT2D eigenvalue weighted by Crippen LogP contribution is 2.25. The van der Waals surface area contributed by atoms with Crippen molar-refractivity contribution in [3.8, 4) is 0 Å². The summed E-state index contributed by atoms with van der Waals surface area (Å²) in [5.74, 6) is 0.672. The number of halogens is 1. The van der Waals surface area contributed by atoms with Crippen LogP contribution >= 0.6 is 22.9 Å².